The molecular weight excluding hydrogens is 277 g/mol. The minimum Gasteiger partial charge on any atom is -0.241 e. The second kappa shape index (κ2) is 3.25. The summed E-state index contributed by atoms with van der Waals surface area (Å²) < 4.78 is 3.16. The number of fused-ring (bicyclic) bond motifs is 1. The Morgan fingerprint density at radius 1 is 1.38 bits per heavy atom. The zero-order valence-electron chi connectivity index (χ0n) is 7.53. The van der Waals surface area contributed by atoms with Crippen LogP contribution >= 0.6 is 22.6 Å². The van der Waals surface area contributed by atoms with Crippen LogP contribution in [-0.2, 0) is 0 Å². The highest BCUT2D eigenvalue weighted by atomic mass is 127. The van der Waals surface area contributed by atoms with Gasteiger partial charge in [0.1, 0.15) is 11.0 Å². The first-order valence-electron chi connectivity index (χ1n) is 4.19. The van der Waals surface area contributed by atoms with Gasteiger partial charge < -0.3 is 0 Å². The lowest BCUT2D eigenvalue weighted by atomic mass is 10.3. The van der Waals surface area contributed by atoms with E-state index in [1.165, 1.54) is 3.57 Å². The van der Waals surface area contributed by atoms with Crippen molar-refractivity contribution in [3.63, 3.8) is 0 Å². The highest BCUT2D eigenvalue weighted by Crippen LogP contribution is 2.20. The molecule has 0 unspecified atom stereocenters. The first-order chi connectivity index (χ1) is 6.20. The highest BCUT2D eigenvalue weighted by molar-refractivity contribution is 14.1. The molecule has 0 aliphatic carbocycles. The topological polar surface area (TPSA) is 30.7 Å². The van der Waals surface area contributed by atoms with Gasteiger partial charge in [-0.05, 0) is 48.6 Å². The maximum absolute atomic E-state index is 4.12. The van der Waals surface area contributed by atoms with E-state index in [2.05, 4.69) is 52.8 Å². The Labute approximate surface area is 90.3 Å². The van der Waals surface area contributed by atoms with Crippen molar-refractivity contribution in [3.8, 4) is 0 Å². The van der Waals surface area contributed by atoms with Gasteiger partial charge in [0.15, 0.2) is 0 Å². The Morgan fingerprint density at radius 3 is 2.85 bits per heavy atom. The fourth-order valence-corrected chi connectivity index (χ4v) is 2.05. The third kappa shape index (κ3) is 1.43. The Bertz CT molecular complexity index is 433. The smallest absolute Gasteiger partial charge is 0.114 e. The summed E-state index contributed by atoms with van der Waals surface area (Å²) in [5.41, 5.74) is 2.11. The van der Waals surface area contributed by atoms with Gasteiger partial charge in [-0.25, -0.2) is 4.68 Å². The second-order valence-corrected chi connectivity index (χ2v) is 4.40. The van der Waals surface area contributed by atoms with Crippen LogP contribution in [0, 0.1) is 3.57 Å². The van der Waals surface area contributed by atoms with Crippen molar-refractivity contribution in [3.05, 3.63) is 21.8 Å². The van der Waals surface area contributed by atoms with E-state index in [1.807, 2.05) is 16.8 Å². The van der Waals surface area contributed by atoms with E-state index in [-0.39, 0.29) is 0 Å². The molecule has 0 atom stereocenters. The van der Waals surface area contributed by atoms with Gasteiger partial charge >= 0.3 is 0 Å². The van der Waals surface area contributed by atoms with Crippen LogP contribution in [0.2, 0.25) is 0 Å². The number of rotatable bonds is 1. The largest absolute Gasteiger partial charge is 0.241 e. The monoisotopic (exact) mass is 287 g/mol. The van der Waals surface area contributed by atoms with Gasteiger partial charge in [-0.1, -0.05) is 11.3 Å². The van der Waals surface area contributed by atoms with Gasteiger partial charge in [0.25, 0.3) is 0 Å². The maximum atomic E-state index is 4.12. The van der Waals surface area contributed by atoms with Crippen molar-refractivity contribution < 1.29 is 0 Å². The highest BCUT2D eigenvalue weighted by Gasteiger charge is 2.09. The van der Waals surface area contributed by atoms with Gasteiger partial charge in [0.2, 0.25) is 0 Å². The standard InChI is InChI=1S/C9H10IN3/c1-6(2)13-9-7(10)4-3-5-8(9)11-12-13/h3-6H,1-2H3. The molecule has 2 aromatic rings. The number of halogens is 1. The molecule has 3 nitrogen and oxygen atoms in total. The molecule has 0 fully saturated rings. The molecule has 1 heterocycles. The third-order valence-electron chi connectivity index (χ3n) is 1.93. The van der Waals surface area contributed by atoms with Crippen molar-refractivity contribution in [2.24, 2.45) is 0 Å². The predicted molar refractivity (Wildman–Crippen MR) is 60.6 cm³/mol. The van der Waals surface area contributed by atoms with Gasteiger partial charge in [-0.15, -0.1) is 5.10 Å². The number of hydrogen-bond acceptors (Lipinski definition) is 2. The minimum absolute atomic E-state index is 0.362. The average molecular weight is 287 g/mol. The van der Waals surface area contributed by atoms with Crippen LogP contribution in [0.5, 0.6) is 0 Å². The van der Waals surface area contributed by atoms with Crippen molar-refractivity contribution in [2.45, 2.75) is 19.9 Å². The van der Waals surface area contributed by atoms with Crippen LogP contribution in [0.1, 0.15) is 19.9 Å². The molecule has 0 aliphatic rings. The molecule has 68 valence electrons. The molecule has 2 rings (SSSR count). The number of nitrogens with zero attached hydrogens (tertiary/aromatic N) is 3. The summed E-state index contributed by atoms with van der Waals surface area (Å²) in [6, 6.07) is 6.43. The van der Waals surface area contributed by atoms with Crippen LogP contribution in [0.15, 0.2) is 18.2 Å². The first kappa shape index (κ1) is 8.93. The van der Waals surface area contributed by atoms with E-state index in [9.17, 15) is 0 Å². The van der Waals surface area contributed by atoms with Crippen LogP contribution in [0.25, 0.3) is 11.0 Å². The van der Waals surface area contributed by atoms with E-state index in [1.54, 1.807) is 0 Å². The van der Waals surface area contributed by atoms with Crippen molar-refractivity contribution in [2.75, 3.05) is 0 Å². The quantitative estimate of drug-likeness (QED) is 0.755. The molecule has 4 heteroatoms. The van der Waals surface area contributed by atoms with Crippen molar-refractivity contribution in [1.82, 2.24) is 15.0 Å². The summed E-state index contributed by atoms with van der Waals surface area (Å²) >= 11 is 2.31. The SMILES string of the molecule is CC(C)n1nnc2cccc(I)c21. The Kier molecular flexibility index (Phi) is 2.23. The number of benzene rings is 1. The molecular formula is C9H10IN3. The summed E-state index contributed by atoms with van der Waals surface area (Å²) in [6.45, 7) is 4.22. The maximum Gasteiger partial charge on any atom is 0.114 e. The predicted octanol–water partition coefficient (Wildman–Crippen LogP) is 2.62. The lowest BCUT2D eigenvalue weighted by Gasteiger charge is -2.05. The van der Waals surface area contributed by atoms with Gasteiger partial charge in [-0.2, -0.15) is 0 Å². The zero-order valence-corrected chi connectivity index (χ0v) is 9.69. The fraction of sp³-hybridized carbons (Fsp3) is 0.333. The lowest BCUT2D eigenvalue weighted by molar-refractivity contribution is 0.529. The van der Waals surface area contributed by atoms with Crippen LogP contribution in [0.4, 0.5) is 0 Å². The average Bonchev–Trinajstić information content (AvgIpc) is 2.49. The summed E-state index contributed by atoms with van der Waals surface area (Å²) in [6.07, 6.45) is 0. The number of hydrogen-bond donors (Lipinski definition) is 0. The van der Waals surface area contributed by atoms with E-state index < -0.39 is 0 Å². The van der Waals surface area contributed by atoms with Crippen LogP contribution < -0.4 is 0 Å². The molecule has 0 aliphatic heterocycles. The van der Waals surface area contributed by atoms with E-state index in [0.29, 0.717) is 6.04 Å². The summed E-state index contributed by atoms with van der Waals surface area (Å²) in [7, 11) is 0. The van der Waals surface area contributed by atoms with E-state index >= 15 is 0 Å². The Morgan fingerprint density at radius 2 is 2.15 bits per heavy atom. The normalized spacial score (nSPS) is 11.4. The van der Waals surface area contributed by atoms with E-state index in [4.69, 9.17) is 0 Å². The Hall–Kier alpha value is -0.650. The molecule has 0 spiro atoms. The number of para-hydroxylation sites is 1. The molecule has 1 aromatic carbocycles. The molecule has 0 bridgehead atoms. The van der Waals surface area contributed by atoms with Gasteiger partial charge in [0.05, 0.1) is 0 Å². The van der Waals surface area contributed by atoms with Crippen molar-refractivity contribution in [1.29, 1.82) is 0 Å². The Balaban J connectivity index is 2.79. The summed E-state index contributed by atoms with van der Waals surface area (Å²) in [4.78, 5) is 0. The zero-order chi connectivity index (χ0) is 9.42. The molecule has 0 radical (unpaired) electrons. The second-order valence-electron chi connectivity index (χ2n) is 3.24. The first-order valence-corrected chi connectivity index (χ1v) is 5.27. The number of aromatic nitrogens is 3. The molecule has 0 saturated carbocycles. The van der Waals surface area contributed by atoms with Gasteiger partial charge in [0, 0.05) is 9.61 Å². The van der Waals surface area contributed by atoms with Gasteiger partial charge in [-0.3, -0.25) is 0 Å². The molecule has 0 amide bonds. The third-order valence-corrected chi connectivity index (χ3v) is 2.80. The fourth-order valence-electron chi connectivity index (χ4n) is 1.31. The molecule has 1 aromatic heterocycles. The molecule has 0 N–H and O–H groups in total. The van der Waals surface area contributed by atoms with E-state index in [0.717, 1.165) is 11.0 Å². The van der Waals surface area contributed by atoms with Crippen molar-refractivity contribution >= 4 is 33.6 Å². The lowest BCUT2D eigenvalue weighted by Crippen LogP contribution is -2.03. The van der Waals surface area contributed by atoms with Crippen LogP contribution in [0.3, 0.4) is 0 Å². The summed E-state index contributed by atoms with van der Waals surface area (Å²) in [5, 5.41) is 8.23. The van der Waals surface area contributed by atoms with Crippen LogP contribution in [-0.4, -0.2) is 15.0 Å². The minimum atomic E-state index is 0.362. The molecule has 0 saturated heterocycles. The summed E-state index contributed by atoms with van der Waals surface area (Å²) in [5.74, 6) is 0. The molecule has 13 heavy (non-hydrogen) atoms.